The number of likely N-dealkylation sites (N-methyl/N-ethyl adjacent to an activating group) is 2. The molecule has 17 heavy (non-hydrogen) atoms. The normalized spacial score (nSPS) is 11.2. The zero-order chi connectivity index (χ0) is 14.3. The van der Waals surface area contributed by atoms with Crippen LogP contribution in [-0.2, 0) is 9.36 Å². The molecule has 0 atom stereocenters. The minimum absolute atomic E-state index is 0.0107. The summed E-state index contributed by atoms with van der Waals surface area (Å²) in [7, 11) is 3.21. The highest BCUT2D eigenvalue weighted by Gasteiger charge is 2.10. The zero-order valence-electron chi connectivity index (χ0n) is 10.7. The fraction of sp³-hybridized carbons (Fsp3) is 0.667. The summed E-state index contributed by atoms with van der Waals surface area (Å²) in [6, 6.07) is 0. The maximum absolute atomic E-state index is 11.0. The number of quaternary nitrogens is 1. The van der Waals surface area contributed by atoms with Gasteiger partial charge in [0, 0.05) is 7.05 Å². The van der Waals surface area contributed by atoms with Crippen LogP contribution >= 0.6 is 7.82 Å². The van der Waals surface area contributed by atoms with Crippen molar-refractivity contribution < 1.29 is 28.5 Å². The molecule has 7 nitrogen and oxygen atoms in total. The summed E-state index contributed by atoms with van der Waals surface area (Å²) in [6.45, 7) is 5.16. The van der Waals surface area contributed by atoms with Crippen LogP contribution in [0, 0.1) is 0 Å². The summed E-state index contributed by atoms with van der Waals surface area (Å²) in [5, 5.41) is 0. The Morgan fingerprint density at radius 2 is 1.82 bits per heavy atom. The summed E-state index contributed by atoms with van der Waals surface area (Å²) < 4.78 is 9.64. The van der Waals surface area contributed by atoms with Crippen molar-refractivity contribution in [3.8, 4) is 0 Å². The van der Waals surface area contributed by atoms with E-state index in [1.54, 1.807) is 11.9 Å². The van der Waals surface area contributed by atoms with Crippen LogP contribution in [0.1, 0.15) is 0 Å². The maximum atomic E-state index is 11.0. The molecule has 2 N–H and O–H groups in total. The van der Waals surface area contributed by atoms with Crippen molar-refractivity contribution in [2.75, 3.05) is 41.3 Å². The van der Waals surface area contributed by atoms with Crippen LogP contribution in [0.15, 0.2) is 12.7 Å². The largest absolute Gasteiger partial charge is 0.756 e. The van der Waals surface area contributed by atoms with E-state index in [0.717, 1.165) is 17.6 Å². The van der Waals surface area contributed by atoms with Crippen LogP contribution in [0.2, 0.25) is 0 Å². The SMILES string of the molecule is C=CC(=O)N(C)CC[N+](C)(C)C.O=P([O-])(O)O. The molecule has 0 bridgehead atoms. The van der Waals surface area contributed by atoms with E-state index in [1.807, 2.05) is 0 Å². The molecule has 102 valence electrons. The average Bonchev–Trinajstić information content (AvgIpc) is 2.09. The van der Waals surface area contributed by atoms with Crippen LogP contribution < -0.4 is 4.89 Å². The van der Waals surface area contributed by atoms with Gasteiger partial charge in [0.1, 0.15) is 0 Å². The first-order valence-electron chi connectivity index (χ1n) is 4.81. The highest BCUT2D eigenvalue weighted by molar-refractivity contribution is 7.43. The minimum Gasteiger partial charge on any atom is -0.756 e. The molecular formula is C9H21N2O5P. The third-order valence-electron chi connectivity index (χ3n) is 1.66. The van der Waals surface area contributed by atoms with Crippen LogP contribution in [0.4, 0.5) is 0 Å². The number of hydrogen-bond donors (Lipinski definition) is 2. The summed E-state index contributed by atoms with van der Waals surface area (Å²) in [6.07, 6.45) is 1.34. The van der Waals surface area contributed by atoms with Crippen molar-refractivity contribution in [2.45, 2.75) is 0 Å². The quantitative estimate of drug-likeness (QED) is 0.378. The van der Waals surface area contributed by atoms with Gasteiger partial charge in [-0.15, -0.1) is 0 Å². The molecule has 0 aromatic heterocycles. The van der Waals surface area contributed by atoms with Crippen molar-refractivity contribution in [3.63, 3.8) is 0 Å². The van der Waals surface area contributed by atoms with Gasteiger partial charge in [-0.1, -0.05) is 6.58 Å². The van der Waals surface area contributed by atoms with Crippen LogP contribution in [-0.4, -0.2) is 66.4 Å². The van der Waals surface area contributed by atoms with Gasteiger partial charge in [0.05, 0.1) is 34.2 Å². The highest BCUT2D eigenvalue weighted by Crippen LogP contribution is 2.18. The van der Waals surface area contributed by atoms with Crippen LogP contribution in [0.3, 0.4) is 0 Å². The van der Waals surface area contributed by atoms with E-state index in [2.05, 4.69) is 27.7 Å². The molecule has 0 fully saturated rings. The van der Waals surface area contributed by atoms with Crippen molar-refractivity contribution in [1.29, 1.82) is 0 Å². The number of carbonyl (C=O) groups is 1. The van der Waals surface area contributed by atoms with Gasteiger partial charge in [0.25, 0.3) is 7.82 Å². The molecule has 0 unspecified atom stereocenters. The first-order valence-corrected chi connectivity index (χ1v) is 6.34. The summed E-state index contributed by atoms with van der Waals surface area (Å²) >= 11 is 0. The number of rotatable bonds is 4. The average molecular weight is 268 g/mol. The molecule has 0 aliphatic heterocycles. The smallest absolute Gasteiger partial charge is 0.262 e. The molecule has 0 heterocycles. The number of carbonyl (C=O) groups excluding carboxylic acids is 1. The predicted molar refractivity (Wildman–Crippen MR) is 62.8 cm³/mol. The van der Waals surface area contributed by atoms with E-state index in [1.165, 1.54) is 6.08 Å². The van der Waals surface area contributed by atoms with Gasteiger partial charge >= 0.3 is 0 Å². The standard InChI is InChI=1S/C9H19N2O.H3O4P/c1-6-9(12)10(2)7-8-11(3,4)5;1-5(2,3)4/h6H,1,7-8H2,2-5H3;(H3,1,2,3,4)/q+1;/p-1. The lowest BCUT2D eigenvalue weighted by molar-refractivity contribution is -0.869. The number of hydrogen-bond acceptors (Lipinski definition) is 3. The predicted octanol–water partition coefficient (Wildman–Crippen LogP) is -1.22. The molecule has 8 heteroatoms. The van der Waals surface area contributed by atoms with E-state index in [-0.39, 0.29) is 5.91 Å². The Kier molecular flexibility index (Phi) is 8.31. The van der Waals surface area contributed by atoms with E-state index < -0.39 is 7.82 Å². The van der Waals surface area contributed by atoms with E-state index in [4.69, 9.17) is 19.2 Å². The Morgan fingerprint density at radius 3 is 2.06 bits per heavy atom. The zero-order valence-corrected chi connectivity index (χ0v) is 11.6. The van der Waals surface area contributed by atoms with Gasteiger partial charge in [0.15, 0.2) is 0 Å². The topological polar surface area (TPSA) is 101 Å². The van der Waals surface area contributed by atoms with Gasteiger partial charge in [0.2, 0.25) is 5.91 Å². The highest BCUT2D eigenvalue weighted by atomic mass is 31.2. The van der Waals surface area contributed by atoms with Gasteiger partial charge in [-0.2, -0.15) is 0 Å². The summed E-state index contributed by atoms with van der Waals surface area (Å²) in [5.74, 6) is -0.0107. The maximum Gasteiger partial charge on any atom is 0.262 e. The first-order chi connectivity index (χ1) is 7.37. The number of nitrogens with zero attached hydrogens (tertiary/aromatic N) is 2. The number of amides is 1. The number of phosphoric acid groups is 1. The van der Waals surface area contributed by atoms with Gasteiger partial charge in [-0.3, -0.25) is 9.36 Å². The van der Waals surface area contributed by atoms with E-state index >= 15 is 0 Å². The Hall–Kier alpha value is -0.720. The van der Waals surface area contributed by atoms with Crippen molar-refractivity contribution in [3.05, 3.63) is 12.7 Å². The second-order valence-electron chi connectivity index (χ2n) is 4.47. The molecule has 0 saturated heterocycles. The third-order valence-corrected chi connectivity index (χ3v) is 1.66. The van der Waals surface area contributed by atoms with E-state index in [0.29, 0.717) is 0 Å². The monoisotopic (exact) mass is 268 g/mol. The molecule has 0 aromatic carbocycles. The lowest BCUT2D eigenvalue weighted by Gasteiger charge is -2.26. The molecule has 0 saturated carbocycles. The lowest BCUT2D eigenvalue weighted by atomic mass is 10.4. The molecule has 0 aromatic rings. The molecule has 0 aliphatic carbocycles. The molecule has 0 spiro atoms. The van der Waals surface area contributed by atoms with Crippen LogP contribution in [0.5, 0.6) is 0 Å². The Bertz CT molecular complexity index is 286. The Morgan fingerprint density at radius 1 is 1.47 bits per heavy atom. The Balaban J connectivity index is 0. The fourth-order valence-electron chi connectivity index (χ4n) is 0.716. The first kappa shape index (κ1) is 18.6. The summed E-state index contributed by atoms with van der Waals surface area (Å²) in [4.78, 5) is 35.6. The molecular weight excluding hydrogens is 247 g/mol. The van der Waals surface area contributed by atoms with Gasteiger partial charge < -0.3 is 24.1 Å². The Labute approximate surface area is 102 Å². The lowest BCUT2D eigenvalue weighted by Crippen LogP contribution is -2.42. The minimum atomic E-state index is -4.89. The molecule has 0 aliphatic rings. The van der Waals surface area contributed by atoms with Gasteiger partial charge in [-0.25, -0.2) is 0 Å². The van der Waals surface area contributed by atoms with Crippen molar-refractivity contribution in [2.24, 2.45) is 0 Å². The van der Waals surface area contributed by atoms with Crippen LogP contribution in [0.25, 0.3) is 0 Å². The van der Waals surface area contributed by atoms with Gasteiger partial charge in [-0.05, 0) is 6.08 Å². The third kappa shape index (κ3) is 21.2. The second-order valence-corrected chi connectivity index (χ2v) is 5.45. The van der Waals surface area contributed by atoms with Crippen molar-refractivity contribution >= 4 is 13.7 Å². The van der Waals surface area contributed by atoms with Crippen molar-refractivity contribution in [1.82, 2.24) is 4.90 Å². The molecule has 1 amide bonds. The summed E-state index contributed by atoms with van der Waals surface area (Å²) in [5.41, 5.74) is 0. The molecule has 0 rings (SSSR count). The van der Waals surface area contributed by atoms with E-state index in [9.17, 15) is 4.79 Å². The molecule has 0 radical (unpaired) electrons. The second kappa shape index (κ2) is 7.58. The fourth-order valence-corrected chi connectivity index (χ4v) is 0.716.